The normalized spacial score (nSPS) is 24.9. The monoisotopic (exact) mass is 433 g/mol. The zero-order valence-electron chi connectivity index (χ0n) is 18.4. The maximum atomic E-state index is 12.1. The van der Waals surface area contributed by atoms with Crippen molar-refractivity contribution >= 4 is 17.2 Å². The first kappa shape index (κ1) is 19.7. The summed E-state index contributed by atoms with van der Waals surface area (Å²) >= 11 is 0. The number of hydrogen-bond donors (Lipinski definition) is 1. The molecule has 2 bridgehead atoms. The Morgan fingerprint density at radius 2 is 2.22 bits per heavy atom. The van der Waals surface area contributed by atoms with Crippen LogP contribution in [0.15, 0.2) is 36.7 Å². The highest BCUT2D eigenvalue weighted by Crippen LogP contribution is 2.38. The van der Waals surface area contributed by atoms with Crippen molar-refractivity contribution in [2.45, 2.75) is 37.8 Å². The SMILES string of the molecule is Cc1cc(-c2ccn3nc(NC(=O)C4CC4)cc3c2)c(OC[C@@]23C[C@@H](CO2)N(C)C3)cn1. The Balaban J connectivity index is 1.26. The molecule has 6 rings (SSSR count). The van der Waals surface area contributed by atoms with E-state index in [9.17, 15) is 4.79 Å². The van der Waals surface area contributed by atoms with Gasteiger partial charge in [-0.1, -0.05) is 0 Å². The topological polar surface area (TPSA) is 81.0 Å². The van der Waals surface area contributed by atoms with Gasteiger partial charge in [-0.05, 0) is 57.0 Å². The summed E-state index contributed by atoms with van der Waals surface area (Å²) in [6.07, 6.45) is 6.66. The predicted octanol–water partition coefficient (Wildman–Crippen LogP) is 2.91. The van der Waals surface area contributed by atoms with Crippen LogP contribution in [0.5, 0.6) is 5.75 Å². The zero-order valence-corrected chi connectivity index (χ0v) is 18.4. The van der Waals surface area contributed by atoms with E-state index < -0.39 is 0 Å². The van der Waals surface area contributed by atoms with Crippen LogP contribution in [0, 0.1) is 12.8 Å². The first-order valence-electron chi connectivity index (χ1n) is 11.2. The average Bonchev–Trinajstić information content (AvgIpc) is 3.32. The number of morpholine rings is 1. The first-order chi connectivity index (χ1) is 15.5. The number of hydrogen-bond acceptors (Lipinski definition) is 6. The Morgan fingerprint density at radius 3 is 2.97 bits per heavy atom. The Bertz CT molecular complexity index is 1200. The average molecular weight is 434 g/mol. The number of likely N-dealkylation sites (tertiary alicyclic amines) is 1. The van der Waals surface area contributed by atoms with Gasteiger partial charge in [-0.2, -0.15) is 5.10 Å². The molecule has 0 aromatic carbocycles. The molecule has 2 atom stereocenters. The lowest BCUT2D eigenvalue weighted by Crippen LogP contribution is -2.44. The fourth-order valence-corrected chi connectivity index (χ4v) is 4.84. The molecule has 166 valence electrons. The quantitative estimate of drug-likeness (QED) is 0.644. The third-order valence-corrected chi connectivity index (χ3v) is 6.82. The van der Waals surface area contributed by atoms with Crippen molar-refractivity contribution in [2.75, 3.05) is 32.1 Å². The van der Waals surface area contributed by atoms with Crippen LogP contribution in [0.1, 0.15) is 25.0 Å². The molecule has 1 saturated carbocycles. The van der Waals surface area contributed by atoms with Gasteiger partial charge in [-0.3, -0.25) is 14.7 Å². The molecular formula is C24H27N5O3. The van der Waals surface area contributed by atoms with Gasteiger partial charge in [0.2, 0.25) is 5.91 Å². The number of anilines is 1. The number of aromatic nitrogens is 3. The number of carbonyl (C=O) groups is 1. The number of ether oxygens (including phenoxy) is 2. The molecule has 3 aliphatic rings. The Morgan fingerprint density at radius 1 is 1.34 bits per heavy atom. The minimum Gasteiger partial charge on any atom is -0.488 e. The van der Waals surface area contributed by atoms with Crippen molar-refractivity contribution in [3.8, 4) is 16.9 Å². The van der Waals surface area contributed by atoms with Crippen LogP contribution >= 0.6 is 0 Å². The second-order valence-electron chi connectivity index (χ2n) is 9.46. The molecule has 3 aromatic rings. The van der Waals surface area contributed by atoms with E-state index in [1.165, 1.54) is 0 Å². The summed E-state index contributed by atoms with van der Waals surface area (Å²) in [7, 11) is 2.15. The second kappa shape index (κ2) is 7.28. The molecular weight excluding hydrogens is 406 g/mol. The van der Waals surface area contributed by atoms with Crippen LogP contribution in [0.4, 0.5) is 5.82 Å². The molecule has 1 amide bonds. The minimum atomic E-state index is -0.231. The summed E-state index contributed by atoms with van der Waals surface area (Å²) < 4.78 is 14.2. The van der Waals surface area contributed by atoms with Crippen molar-refractivity contribution in [3.63, 3.8) is 0 Å². The van der Waals surface area contributed by atoms with Crippen LogP contribution in [-0.4, -0.2) is 63.9 Å². The van der Waals surface area contributed by atoms with Gasteiger partial charge in [0, 0.05) is 42.0 Å². The molecule has 0 spiro atoms. The number of rotatable bonds is 6. The van der Waals surface area contributed by atoms with E-state index in [1.807, 2.05) is 31.3 Å². The molecule has 0 unspecified atom stereocenters. The van der Waals surface area contributed by atoms with Gasteiger partial charge in [-0.15, -0.1) is 0 Å². The molecule has 8 nitrogen and oxygen atoms in total. The van der Waals surface area contributed by atoms with E-state index in [1.54, 1.807) is 10.7 Å². The molecule has 3 fully saturated rings. The van der Waals surface area contributed by atoms with Crippen molar-refractivity contribution < 1.29 is 14.3 Å². The maximum Gasteiger partial charge on any atom is 0.228 e. The molecule has 3 aromatic heterocycles. The lowest BCUT2D eigenvalue weighted by Gasteiger charge is -2.30. The summed E-state index contributed by atoms with van der Waals surface area (Å²) in [5.41, 5.74) is 3.61. The second-order valence-corrected chi connectivity index (χ2v) is 9.46. The van der Waals surface area contributed by atoms with E-state index >= 15 is 0 Å². The number of nitrogens with one attached hydrogen (secondary N) is 1. The highest BCUT2D eigenvalue weighted by molar-refractivity contribution is 5.93. The van der Waals surface area contributed by atoms with Crippen molar-refractivity contribution in [3.05, 3.63) is 42.4 Å². The zero-order chi connectivity index (χ0) is 21.9. The number of carbonyl (C=O) groups excluding carboxylic acids is 1. The van der Waals surface area contributed by atoms with E-state index in [2.05, 4.69) is 33.4 Å². The predicted molar refractivity (Wildman–Crippen MR) is 120 cm³/mol. The van der Waals surface area contributed by atoms with Crippen LogP contribution in [0.2, 0.25) is 0 Å². The number of aryl methyl sites for hydroxylation is 1. The lowest BCUT2D eigenvalue weighted by molar-refractivity contribution is -0.117. The van der Waals surface area contributed by atoms with Crippen molar-refractivity contribution in [2.24, 2.45) is 5.92 Å². The van der Waals surface area contributed by atoms with Crippen LogP contribution < -0.4 is 10.1 Å². The van der Waals surface area contributed by atoms with E-state index in [0.717, 1.165) is 60.5 Å². The summed E-state index contributed by atoms with van der Waals surface area (Å²) in [5.74, 6) is 1.53. The van der Waals surface area contributed by atoms with E-state index in [4.69, 9.17) is 9.47 Å². The lowest BCUT2D eigenvalue weighted by atomic mass is 10.0. The number of pyridine rings is 2. The molecule has 2 saturated heterocycles. The van der Waals surface area contributed by atoms with Gasteiger partial charge in [0.25, 0.3) is 0 Å². The summed E-state index contributed by atoms with van der Waals surface area (Å²) in [4.78, 5) is 18.9. The number of likely N-dealkylation sites (N-methyl/N-ethyl adjacent to an activating group) is 1. The third kappa shape index (κ3) is 3.53. The third-order valence-electron chi connectivity index (χ3n) is 6.82. The standard InChI is InChI=1S/C24H27N5O3/c1-15-7-20(21(11-25-15)31-14-24-10-19(12-32-24)28(2)13-24)17-5-6-29-18(8-17)9-22(27-29)26-23(30)16-3-4-16/h5-9,11,16,19H,3-4,10,12-14H2,1-2H3,(H,26,27,30)/t19-,24-/m0/s1. The molecule has 2 aliphatic heterocycles. The van der Waals surface area contributed by atoms with Crippen LogP contribution in [0.25, 0.3) is 16.6 Å². The van der Waals surface area contributed by atoms with Gasteiger partial charge < -0.3 is 14.8 Å². The molecule has 5 heterocycles. The molecule has 8 heteroatoms. The first-order valence-corrected chi connectivity index (χ1v) is 11.2. The van der Waals surface area contributed by atoms with Crippen molar-refractivity contribution in [1.82, 2.24) is 19.5 Å². The van der Waals surface area contributed by atoms with Crippen LogP contribution in [-0.2, 0) is 9.53 Å². The fourth-order valence-electron chi connectivity index (χ4n) is 4.84. The highest BCUT2D eigenvalue weighted by Gasteiger charge is 2.50. The Kier molecular flexibility index (Phi) is 4.48. The summed E-state index contributed by atoms with van der Waals surface area (Å²) in [6.45, 7) is 4.16. The van der Waals surface area contributed by atoms with E-state index in [-0.39, 0.29) is 17.4 Å². The van der Waals surface area contributed by atoms with Gasteiger partial charge >= 0.3 is 0 Å². The summed E-state index contributed by atoms with van der Waals surface area (Å²) in [5, 5.41) is 7.40. The van der Waals surface area contributed by atoms with Gasteiger partial charge in [0.15, 0.2) is 5.82 Å². The van der Waals surface area contributed by atoms with Gasteiger partial charge in [0.1, 0.15) is 18.0 Å². The van der Waals surface area contributed by atoms with Crippen LogP contribution in [0.3, 0.4) is 0 Å². The largest absolute Gasteiger partial charge is 0.488 e. The fraction of sp³-hybridized carbons (Fsp3) is 0.458. The van der Waals surface area contributed by atoms with Gasteiger partial charge in [-0.25, -0.2) is 4.52 Å². The number of amides is 1. The Hall–Kier alpha value is -2.97. The highest BCUT2D eigenvalue weighted by atomic mass is 16.6. The van der Waals surface area contributed by atoms with Gasteiger partial charge in [0.05, 0.1) is 18.3 Å². The maximum absolute atomic E-state index is 12.1. The number of fused-ring (bicyclic) bond motifs is 3. The Labute approximate surface area is 186 Å². The molecule has 0 radical (unpaired) electrons. The molecule has 32 heavy (non-hydrogen) atoms. The summed E-state index contributed by atoms with van der Waals surface area (Å²) in [6, 6.07) is 8.51. The van der Waals surface area contributed by atoms with E-state index in [0.29, 0.717) is 18.5 Å². The molecule has 1 aliphatic carbocycles. The minimum absolute atomic E-state index is 0.0578. The molecule has 1 N–H and O–H groups in total. The number of nitrogens with zero attached hydrogens (tertiary/aromatic N) is 4. The smallest absolute Gasteiger partial charge is 0.228 e. The van der Waals surface area contributed by atoms with Crippen molar-refractivity contribution in [1.29, 1.82) is 0 Å².